The van der Waals surface area contributed by atoms with Crippen molar-refractivity contribution in [2.75, 3.05) is 26.1 Å². The molecule has 0 atom stereocenters. The molecule has 1 aromatic carbocycles. The number of benzene rings is 1. The van der Waals surface area contributed by atoms with E-state index in [9.17, 15) is 14.7 Å². The second kappa shape index (κ2) is 9.74. The third-order valence-electron chi connectivity index (χ3n) is 5.55. The van der Waals surface area contributed by atoms with Crippen LogP contribution in [0, 0.1) is 11.8 Å². The Balaban J connectivity index is 2.09. The van der Waals surface area contributed by atoms with E-state index in [1.807, 2.05) is 27.7 Å². The van der Waals surface area contributed by atoms with Crippen molar-refractivity contribution in [3.63, 3.8) is 0 Å². The van der Waals surface area contributed by atoms with Gasteiger partial charge in [-0.05, 0) is 11.8 Å². The Morgan fingerprint density at radius 3 is 2.19 bits per heavy atom. The van der Waals surface area contributed by atoms with Crippen molar-refractivity contribution in [1.29, 1.82) is 0 Å². The topological polar surface area (TPSA) is 136 Å². The number of phenolic OH excluding ortho intramolecular Hbond substituents is 1. The number of aromatic hydroxyl groups is 1. The fraction of sp³-hybridized carbons (Fsp3) is 0.455. The van der Waals surface area contributed by atoms with E-state index < -0.39 is 11.4 Å². The molecule has 1 aromatic heterocycles. The van der Waals surface area contributed by atoms with Crippen LogP contribution in [0.3, 0.4) is 0 Å². The highest BCUT2D eigenvalue weighted by Gasteiger charge is 2.33. The van der Waals surface area contributed by atoms with Crippen LogP contribution in [0.5, 0.6) is 17.2 Å². The monoisotopic (exact) mass is 433 g/mol. The number of hydrogen-bond donors (Lipinski definition) is 4. The number of hydrogen-bond acceptors (Lipinski definition) is 7. The average Bonchev–Trinajstić information content (AvgIpc) is 3.19. The SMILES string of the molecule is COc1cc(O)c(C(=O)Nc2cc(C(=O)NCC(N)(C(C)C)C(C)C)co2)cc1OC. The molecule has 2 amide bonds. The number of rotatable bonds is 9. The Hall–Kier alpha value is -3.20. The van der Waals surface area contributed by atoms with Gasteiger partial charge in [0.1, 0.15) is 12.0 Å². The molecule has 0 aliphatic heterocycles. The van der Waals surface area contributed by atoms with Crippen LogP contribution >= 0.6 is 0 Å². The van der Waals surface area contributed by atoms with E-state index in [0.29, 0.717) is 6.54 Å². The zero-order valence-corrected chi connectivity index (χ0v) is 18.7. The zero-order valence-electron chi connectivity index (χ0n) is 18.7. The molecule has 2 aromatic rings. The highest BCUT2D eigenvalue weighted by Crippen LogP contribution is 2.34. The number of phenols is 1. The predicted octanol–water partition coefficient (Wildman–Crippen LogP) is 2.99. The van der Waals surface area contributed by atoms with Crippen LogP contribution in [0.15, 0.2) is 28.9 Å². The lowest BCUT2D eigenvalue weighted by atomic mass is 9.78. The summed E-state index contributed by atoms with van der Waals surface area (Å²) in [5.74, 6) is -0.341. The molecule has 0 aliphatic rings. The first kappa shape index (κ1) is 24.1. The average molecular weight is 434 g/mol. The molecule has 1 heterocycles. The van der Waals surface area contributed by atoms with E-state index >= 15 is 0 Å². The third-order valence-corrected chi connectivity index (χ3v) is 5.55. The summed E-state index contributed by atoms with van der Waals surface area (Å²) >= 11 is 0. The van der Waals surface area contributed by atoms with Crippen molar-refractivity contribution in [2.45, 2.75) is 33.2 Å². The quantitative estimate of drug-likeness (QED) is 0.477. The molecule has 5 N–H and O–H groups in total. The summed E-state index contributed by atoms with van der Waals surface area (Å²) in [6.07, 6.45) is 1.24. The molecule has 2 rings (SSSR count). The Kier molecular flexibility index (Phi) is 7.56. The molecule has 0 saturated carbocycles. The van der Waals surface area contributed by atoms with Crippen LogP contribution < -0.4 is 25.8 Å². The summed E-state index contributed by atoms with van der Waals surface area (Å²) in [5, 5.41) is 15.5. The zero-order chi connectivity index (χ0) is 23.3. The van der Waals surface area contributed by atoms with Gasteiger partial charge in [-0.3, -0.25) is 14.9 Å². The summed E-state index contributed by atoms with van der Waals surface area (Å²) < 4.78 is 15.5. The predicted molar refractivity (Wildman–Crippen MR) is 117 cm³/mol. The van der Waals surface area contributed by atoms with E-state index in [4.69, 9.17) is 19.6 Å². The molecular formula is C22H31N3O6. The number of ether oxygens (including phenoxy) is 2. The van der Waals surface area contributed by atoms with Crippen LogP contribution in [0.25, 0.3) is 0 Å². The number of carbonyl (C=O) groups is 2. The summed E-state index contributed by atoms with van der Waals surface area (Å²) in [6, 6.07) is 4.02. The molecule has 9 heteroatoms. The van der Waals surface area contributed by atoms with Gasteiger partial charge >= 0.3 is 0 Å². The standard InChI is InChI=1S/C22H31N3O6/c1-12(2)22(23,13(3)4)11-24-20(27)14-7-19(31-10-14)25-21(28)15-8-17(29-5)18(30-6)9-16(15)26/h7-10,12-13,26H,11,23H2,1-6H3,(H,24,27)(H,25,28). The number of methoxy groups -OCH3 is 2. The largest absolute Gasteiger partial charge is 0.507 e. The highest BCUT2D eigenvalue weighted by atomic mass is 16.5. The van der Waals surface area contributed by atoms with Crippen LogP contribution in [0.2, 0.25) is 0 Å². The van der Waals surface area contributed by atoms with Gasteiger partial charge in [0.2, 0.25) is 0 Å². The van der Waals surface area contributed by atoms with Crippen LogP contribution in [-0.4, -0.2) is 43.2 Å². The number of nitrogens with two attached hydrogens (primary N) is 1. The molecule has 31 heavy (non-hydrogen) atoms. The van der Waals surface area contributed by atoms with Crippen LogP contribution in [-0.2, 0) is 0 Å². The van der Waals surface area contributed by atoms with Crippen molar-refractivity contribution in [2.24, 2.45) is 17.6 Å². The van der Waals surface area contributed by atoms with Gasteiger partial charge in [-0.2, -0.15) is 0 Å². The van der Waals surface area contributed by atoms with E-state index in [-0.39, 0.29) is 52.0 Å². The first-order valence-corrected chi connectivity index (χ1v) is 9.95. The van der Waals surface area contributed by atoms with Gasteiger partial charge < -0.3 is 30.0 Å². The van der Waals surface area contributed by atoms with Gasteiger partial charge in [-0.1, -0.05) is 27.7 Å². The van der Waals surface area contributed by atoms with Crippen molar-refractivity contribution in [3.8, 4) is 17.2 Å². The second-order valence-electron chi connectivity index (χ2n) is 7.98. The van der Waals surface area contributed by atoms with Gasteiger partial charge in [-0.15, -0.1) is 0 Å². The maximum absolute atomic E-state index is 12.5. The number of anilines is 1. The molecular weight excluding hydrogens is 402 g/mol. The fourth-order valence-electron chi connectivity index (χ4n) is 3.16. The summed E-state index contributed by atoms with van der Waals surface area (Å²) in [5.41, 5.74) is 6.11. The molecule has 0 unspecified atom stereocenters. The van der Waals surface area contributed by atoms with Crippen molar-refractivity contribution in [3.05, 3.63) is 35.6 Å². The molecule has 0 bridgehead atoms. The Morgan fingerprint density at radius 2 is 1.65 bits per heavy atom. The number of amides is 2. The molecule has 170 valence electrons. The van der Waals surface area contributed by atoms with Crippen molar-refractivity contribution in [1.82, 2.24) is 5.32 Å². The molecule has 9 nitrogen and oxygen atoms in total. The maximum atomic E-state index is 12.5. The normalized spacial score (nSPS) is 11.5. The van der Waals surface area contributed by atoms with Gasteiger partial charge in [0.15, 0.2) is 17.4 Å². The third kappa shape index (κ3) is 5.29. The van der Waals surface area contributed by atoms with Gasteiger partial charge in [0.05, 0.1) is 25.3 Å². The Morgan fingerprint density at radius 1 is 1.06 bits per heavy atom. The summed E-state index contributed by atoms with van der Waals surface area (Å²) in [4.78, 5) is 25.0. The van der Waals surface area contributed by atoms with Crippen molar-refractivity contribution >= 4 is 17.7 Å². The first-order valence-electron chi connectivity index (χ1n) is 9.95. The first-order chi connectivity index (χ1) is 14.5. The summed E-state index contributed by atoms with van der Waals surface area (Å²) in [7, 11) is 2.84. The lowest BCUT2D eigenvalue weighted by Crippen LogP contribution is -2.57. The Labute approximate surface area is 181 Å². The Bertz CT molecular complexity index is 927. The molecule has 0 saturated heterocycles. The van der Waals surface area contributed by atoms with E-state index in [2.05, 4.69) is 10.6 Å². The van der Waals surface area contributed by atoms with Gasteiger partial charge in [-0.25, -0.2) is 0 Å². The lowest BCUT2D eigenvalue weighted by molar-refractivity contribution is 0.0924. The van der Waals surface area contributed by atoms with Crippen LogP contribution in [0.1, 0.15) is 48.4 Å². The van der Waals surface area contributed by atoms with Crippen LogP contribution in [0.4, 0.5) is 5.88 Å². The number of carbonyl (C=O) groups excluding carboxylic acids is 2. The van der Waals surface area contributed by atoms with E-state index in [1.54, 1.807) is 0 Å². The van der Waals surface area contributed by atoms with Crippen molar-refractivity contribution < 1.29 is 28.6 Å². The second-order valence-corrected chi connectivity index (χ2v) is 7.98. The van der Waals surface area contributed by atoms with Gasteiger partial charge in [0, 0.05) is 30.3 Å². The van der Waals surface area contributed by atoms with E-state index in [0.717, 1.165) is 0 Å². The number of furan rings is 1. The minimum atomic E-state index is -0.639. The molecule has 0 aliphatic carbocycles. The minimum absolute atomic E-state index is 0.0400. The summed E-state index contributed by atoms with van der Waals surface area (Å²) in [6.45, 7) is 8.36. The van der Waals surface area contributed by atoms with Gasteiger partial charge in [0.25, 0.3) is 11.8 Å². The molecule has 0 radical (unpaired) electrons. The number of nitrogens with one attached hydrogen (secondary N) is 2. The molecule has 0 spiro atoms. The maximum Gasteiger partial charge on any atom is 0.261 e. The highest BCUT2D eigenvalue weighted by molar-refractivity contribution is 6.06. The minimum Gasteiger partial charge on any atom is -0.507 e. The molecule has 0 fully saturated rings. The lowest BCUT2D eigenvalue weighted by Gasteiger charge is -2.37. The smallest absolute Gasteiger partial charge is 0.261 e. The van der Waals surface area contributed by atoms with E-state index in [1.165, 1.54) is 38.7 Å². The fourth-order valence-corrected chi connectivity index (χ4v) is 3.16.